The largest absolute Gasteiger partial charge is 0.591 e. The number of nitrogens with zero attached hydrogens (tertiary/aromatic N) is 2. The first kappa shape index (κ1) is 14.1. The molecule has 1 heterocycles. The standard InChI is InChI=1S/C11H14F2N2OS/c1-11(2,3)17(16)15-7-9-5-4-8(6-14-9)10(12)13/h4-7,10H,1-3H3. The minimum atomic E-state index is -2.53. The molecule has 17 heavy (non-hydrogen) atoms. The zero-order valence-corrected chi connectivity index (χ0v) is 10.7. The van der Waals surface area contributed by atoms with Gasteiger partial charge in [-0.05, 0) is 32.9 Å². The molecule has 0 amide bonds. The van der Waals surface area contributed by atoms with Gasteiger partial charge in [-0.1, -0.05) is 4.40 Å². The van der Waals surface area contributed by atoms with Crippen LogP contribution < -0.4 is 0 Å². The summed E-state index contributed by atoms with van der Waals surface area (Å²) in [6.45, 7) is 5.40. The number of halogens is 2. The summed E-state index contributed by atoms with van der Waals surface area (Å²) >= 11 is -1.37. The lowest BCUT2D eigenvalue weighted by Crippen LogP contribution is -2.25. The maximum atomic E-state index is 12.2. The predicted molar refractivity (Wildman–Crippen MR) is 64.7 cm³/mol. The van der Waals surface area contributed by atoms with Gasteiger partial charge >= 0.3 is 0 Å². The van der Waals surface area contributed by atoms with E-state index in [0.29, 0.717) is 5.69 Å². The minimum Gasteiger partial charge on any atom is -0.591 e. The van der Waals surface area contributed by atoms with Crippen molar-refractivity contribution in [3.8, 4) is 0 Å². The third-order valence-electron chi connectivity index (χ3n) is 1.87. The first-order valence-corrected chi connectivity index (χ1v) is 6.11. The number of rotatable bonds is 3. The van der Waals surface area contributed by atoms with Crippen molar-refractivity contribution in [3.63, 3.8) is 0 Å². The summed E-state index contributed by atoms with van der Waals surface area (Å²) in [5.74, 6) is 0. The third kappa shape index (κ3) is 4.40. The van der Waals surface area contributed by atoms with Crippen molar-refractivity contribution in [1.29, 1.82) is 0 Å². The Balaban J connectivity index is 2.73. The molecule has 1 atom stereocenters. The summed E-state index contributed by atoms with van der Waals surface area (Å²) in [7, 11) is 0. The molecule has 0 aliphatic heterocycles. The molecule has 0 radical (unpaired) electrons. The third-order valence-corrected chi connectivity index (χ3v) is 3.21. The second-order valence-electron chi connectivity index (χ2n) is 4.41. The van der Waals surface area contributed by atoms with Crippen molar-refractivity contribution in [2.75, 3.05) is 0 Å². The first-order chi connectivity index (χ1) is 7.80. The van der Waals surface area contributed by atoms with Crippen LogP contribution in [0, 0.1) is 0 Å². The topological polar surface area (TPSA) is 48.3 Å². The maximum absolute atomic E-state index is 12.2. The Hall–Kier alpha value is -1.01. The normalized spacial score (nSPS) is 14.5. The molecular weight excluding hydrogens is 246 g/mol. The molecule has 0 N–H and O–H groups in total. The van der Waals surface area contributed by atoms with Gasteiger partial charge in [0.15, 0.2) is 0 Å². The fraction of sp³-hybridized carbons (Fsp3) is 0.455. The summed E-state index contributed by atoms with van der Waals surface area (Å²) in [4.78, 5) is 3.79. The Morgan fingerprint density at radius 1 is 1.41 bits per heavy atom. The second-order valence-corrected chi connectivity index (χ2v) is 6.35. The van der Waals surface area contributed by atoms with E-state index < -0.39 is 22.5 Å². The highest BCUT2D eigenvalue weighted by Crippen LogP contribution is 2.18. The highest BCUT2D eigenvalue weighted by Gasteiger charge is 2.25. The number of hydrogen-bond donors (Lipinski definition) is 0. The summed E-state index contributed by atoms with van der Waals surface area (Å²) < 4.78 is 39.5. The van der Waals surface area contributed by atoms with Crippen LogP contribution >= 0.6 is 0 Å². The molecule has 0 aromatic carbocycles. The molecule has 0 saturated heterocycles. The highest BCUT2D eigenvalue weighted by molar-refractivity contribution is 7.91. The van der Waals surface area contributed by atoms with E-state index in [1.807, 2.05) is 0 Å². The first-order valence-electron chi connectivity index (χ1n) is 5.01. The van der Waals surface area contributed by atoms with Crippen LogP contribution in [0.25, 0.3) is 0 Å². The zero-order valence-electron chi connectivity index (χ0n) is 9.85. The van der Waals surface area contributed by atoms with Gasteiger partial charge in [0.2, 0.25) is 0 Å². The lowest BCUT2D eigenvalue weighted by Gasteiger charge is -2.17. The molecule has 0 spiro atoms. The van der Waals surface area contributed by atoms with E-state index >= 15 is 0 Å². The quantitative estimate of drug-likeness (QED) is 0.619. The van der Waals surface area contributed by atoms with E-state index in [1.54, 1.807) is 20.8 Å². The van der Waals surface area contributed by atoms with Crippen LogP contribution in [0.15, 0.2) is 22.7 Å². The smallest absolute Gasteiger partial charge is 0.265 e. The monoisotopic (exact) mass is 260 g/mol. The number of hydrogen-bond acceptors (Lipinski definition) is 3. The van der Waals surface area contributed by atoms with Gasteiger partial charge in [-0.25, -0.2) is 8.78 Å². The Bertz CT molecular complexity index is 387. The molecule has 6 heteroatoms. The molecule has 0 aliphatic carbocycles. The van der Waals surface area contributed by atoms with Crippen LogP contribution in [0.1, 0.15) is 38.5 Å². The summed E-state index contributed by atoms with van der Waals surface area (Å²) in [5.41, 5.74) is 0.270. The molecular formula is C11H14F2N2OS. The second kappa shape index (κ2) is 5.55. The highest BCUT2D eigenvalue weighted by atomic mass is 32.2. The Kier molecular flexibility index (Phi) is 4.59. The predicted octanol–water partition coefficient (Wildman–Crippen LogP) is 2.90. The van der Waals surface area contributed by atoms with E-state index in [-0.39, 0.29) is 5.56 Å². The van der Waals surface area contributed by atoms with Crippen molar-refractivity contribution in [3.05, 3.63) is 29.6 Å². The van der Waals surface area contributed by atoms with Crippen molar-refractivity contribution in [2.24, 2.45) is 4.40 Å². The van der Waals surface area contributed by atoms with E-state index in [9.17, 15) is 13.3 Å². The Morgan fingerprint density at radius 3 is 2.47 bits per heavy atom. The molecule has 0 fully saturated rings. The number of alkyl halides is 2. The summed E-state index contributed by atoms with van der Waals surface area (Å²) in [6.07, 6.45) is -0.111. The van der Waals surface area contributed by atoms with Gasteiger partial charge in [0.05, 0.1) is 5.69 Å². The molecule has 0 bridgehead atoms. The van der Waals surface area contributed by atoms with E-state index in [2.05, 4.69) is 9.38 Å². The van der Waals surface area contributed by atoms with Crippen LogP contribution in [-0.2, 0) is 11.4 Å². The molecule has 94 valence electrons. The van der Waals surface area contributed by atoms with Crippen LogP contribution in [-0.4, -0.2) is 20.5 Å². The molecule has 1 aromatic heterocycles. The SMILES string of the molecule is CC(C)(C)[S+]([O-])N=Cc1ccc(C(F)F)cn1. The Morgan fingerprint density at radius 2 is 2.06 bits per heavy atom. The Labute approximate surface area is 102 Å². The van der Waals surface area contributed by atoms with Crippen molar-refractivity contribution < 1.29 is 13.3 Å². The molecule has 0 saturated carbocycles. The van der Waals surface area contributed by atoms with Crippen molar-refractivity contribution in [1.82, 2.24) is 4.98 Å². The van der Waals surface area contributed by atoms with E-state index in [4.69, 9.17) is 0 Å². The molecule has 0 aliphatic rings. The zero-order chi connectivity index (χ0) is 13.1. The van der Waals surface area contributed by atoms with E-state index in [0.717, 1.165) is 6.20 Å². The van der Waals surface area contributed by atoms with Gasteiger partial charge in [0.1, 0.15) is 22.3 Å². The fourth-order valence-corrected chi connectivity index (χ4v) is 1.40. The summed E-state index contributed by atoms with van der Waals surface area (Å²) in [6, 6.07) is 2.70. The maximum Gasteiger partial charge on any atom is 0.265 e. The van der Waals surface area contributed by atoms with Gasteiger partial charge in [-0.2, -0.15) is 0 Å². The molecule has 1 unspecified atom stereocenters. The van der Waals surface area contributed by atoms with Gasteiger partial charge in [-0.15, -0.1) is 0 Å². The molecule has 1 rings (SSSR count). The molecule has 3 nitrogen and oxygen atoms in total. The van der Waals surface area contributed by atoms with Crippen LogP contribution in [0.2, 0.25) is 0 Å². The van der Waals surface area contributed by atoms with E-state index in [1.165, 1.54) is 18.3 Å². The van der Waals surface area contributed by atoms with Crippen LogP contribution in [0.3, 0.4) is 0 Å². The van der Waals surface area contributed by atoms with Gasteiger partial charge in [0.25, 0.3) is 6.43 Å². The van der Waals surface area contributed by atoms with Crippen LogP contribution in [0.4, 0.5) is 8.78 Å². The van der Waals surface area contributed by atoms with Gasteiger partial charge in [-0.3, -0.25) is 4.98 Å². The average molecular weight is 260 g/mol. The molecule has 1 aromatic rings. The fourth-order valence-electron chi connectivity index (χ4n) is 0.882. The van der Waals surface area contributed by atoms with Gasteiger partial charge < -0.3 is 4.55 Å². The van der Waals surface area contributed by atoms with Gasteiger partial charge in [0, 0.05) is 11.8 Å². The summed E-state index contributed by atoms with van der Waals surface area (Å²) in [5, 5.41) is 0. The van der Waals surface area contributed by atoms with Crippen LogP contribution in [0.5, 0.6) is 0 Å². The number of pyridine rings is 1. The number of aromatic nitrogens is 1. The average Bonchev–Trinajstić information content (AvgIpc) is 2.25. The van der Waals surface area contributed by atoms with Crippen molar-refractivity contribution in [2.45, 2.75) is 31.9 Å². The minimum absolute atomic E-state index is 0.140. The lowest BCUT2D eigenvalue weighted by molar-refractivity contribution is 0.151. The lowest BCUT2D eigenvalue weighted by atomic mass is 10.2. The van der Waals surface area contributed by atoms with Crippen molar-refractivity contribution >= 4 is 17.6 Å².